The van der Waals surface area contributed by atoms with Crippen molar-refractivity contribution in [3.8, 4) is 11.4 Å². The number of benzene rings is 1. The van der Waals surface area contributed by atoms with Crippen LogP contribution in [0.4, 0.5) is 0 Å². The van der Waals surface area contributed by atoms with Crippen molar-refractivity contribution in [2.24, 2.45) is 0 Å². The van der Waals surface area contributed by atoms with Crippen molar-refractivity contribution < 1.29 is 19.4 Å². The highest BCUT2D eigenvalue weighted by molar-refractivity contribution is 5.80. The number of aromatic nitrogens is 2. The first kappa shape index (κ1) is 23.4. The van der Waals surface area contributed by atoms with Crippen molar-refractivity contribution in [2.75, 3.05) is 6.61 Å². The zero-order valence-corrected chi connectivity index (χ0v) is 18.9. The number of carboxylic acid groups (broad SMARTS) is 1. The fraction of sp³-hybridized carbons (Fsp3) is 0.560. The minimum Gasteiger partial charge on any atom is -0.479 e. The maximum atomic E-state index is 11.9. The first-order valence-corrected chi connectivity index (χ1v) is 11.4. The average molecular weight is 427 g/mol. The molecular weight excluding hydrogens is 392 g/mol. The topological polar surface area (TPSA) is 81.5 Å². The largest absolute Gasteiger partial charge is 0.479 e. The van der Waals surface area contributed by atoms with Gasteiger partial charge in [-0.25, -0.2) is 14.8 Å². The van der Waals surface area contributed by atoms with Gasteiger partial charge in [0.05, 0.1) is 6.61 Å². The highest BCUT2D eigenvalue weighted by atomic mass is 16.8. The van der Waals surface area contributed by atoms with E-state index >= 15 is 0 Å². The van der Waals surface area contributed by atoms with Gasteiger partial charge in [0.15, 0.2) is 11.6 Å². The Morgan fingerprint density at radius 2 is 1.61 bits per heavy atom. The van der Waals surface area contributed by atoms with E-state index in [-0.39, 0.29) is 6.61 Å². The summed E-state index contributed by atoms with van der Waals surface area (Å²) in [6.45, 7) is 5.64. The second-order valence-corrected chi connectivity index (χ2v) is 8.79. The summed E-state index contributed by atoms with van der Waals surface area (Å²) < 4.78 is 11.3. The summed E-state index contributed by atoms with van der Waals surface area (Å²) in [5.74, 6) is -1.37. The van der Waals surface area contributed by atoms with E-state index in [2.05, 4.69) is 16.9 Å². The molecule has 1 aromatic heterocycles. The van der Waals surface area contributed by atoms with Gasteiger partial charge < -0.3 is 14.6 Å². The Balaban J connectivity index is 1.58. The van der Waals surface area contributed by atoms with Gasteiger partial charge in [0.2, 0.25) is 5.60 Å². The molecule has 2 heterocycles. The van der Waals surface area contributed by atoms with Gasteiger partial charge in [-0.15, -0.1) is 0 Å². The van der Waals surface area contributed by atoms with E-state index in [0.29, 0.717) is 11.4 Å². The number of hydrogen-bond donors (Lipinski definition) is 1. The Bertz CT molecular complexity index is 849. The van der Waals surface area contributed by atoms with Crippen LogP contribution in [0.2, 0.25) is 0 Å². The highest BCUT2D eigenvalue weighted by Gasteiger charge is 2.52. The summed E-state index contributed by atoms with van der Waals surface area (Å²) in [5, 5.41) is 9.78. The molecule has 1 aliphatic heterocycles. The van der Waals surface area contributed by atoms with Gasteiger partial charge in [-0.05, 0) is 37.8 Å². The van der Waals surface area contributed by atoms with E-state index < -0.39 is 17.4 Å². The molecule has 0 radical (unpaired) electrons. The molecule has 0 amide bonds. The number of rotatable bonds is 11. The predicted molar refractivity (Wildman–Crippen MR) is 120 cm³/mol. The van der Waals surface area contributed by atoms with E-state index in [4.69, 9.17) is 9.47 Å². The number of ether oxygens (including phenoxy) is 2. The number of carboxylic acids is 1. The molecular formula is C25H34N2O4. The van der Waals surface area contributed by atoms with Gasteiger partial charge in [0.25, 0.3) is 0 Å². The van der Waals surface area contributed by atoms with Gasteiger partial charge in [0.1, 0.15) is 0 Å². The lowest BCUT2D eigenvalue weighted by molar-refractivity contribution is -0.187. The number of nitrogens with zero attached hydrogens (tertiary/aromatic N) is 2. The first-order valence-electron chi connectivity index (χ1n) is 11.4. The smallest absolute Gasteiger partial charge is 0.343 e. The lowest BCUT2D eigenvalue weighted by atomic mass is 9.93. The van der Waals surface area contributed by atoms with Gasteiger partial charge >= 0.3 is 5.97 Å². The molecule has 6 nitrogen and oxygen atoms in total. The van der Waals surface area contributed by atoms with Crippen molar-refractivity contribution in [2.45, 2.75) is 83.5 Å². The molecule has 3 rings (SSSR count). The van der Waals surface area contributed by atoms with Gasteiger partial charge in [-0.2, -0.15) is 0 Å². The van der Waals surface area contributed by atoms with Crippen LogP contribution in [0.3, 0.4) is 0 Å². The third-order valence-electron chi connectivity index (χ3n) is 5.77. The molecule has 168 valence electrons. The lowest BCUT2D eigenvalue weighted by Crippen LogP contribution is -2.39. The number of aryl methyl sites for hydroxylation is 1. The summed E-state index contributed by atoms with van der Waals surface area (Å²) in [6.07, 6.45) is 13.8. The molecule has 2 aromatic rings. The van der Waals surface area contributed by atoms with Gasteiger partial charge in [-0.1, -0.05) is 69.7 Å². The maximum absolute atomic E-state index is 11.9. The molecule has 6 heteroatoms. The van der Waals surface area contributed by atoms with Crippen LogP contribution in [0.15, 0.2) is 36.7 Å². The molecule has 0 saturated carbocycles. The van der Waals surface area contributed by atoms with Crippen LogP contribution in [0, 0.1) is 0 Å². The van der Waals surface area contributed by atoms with Crippen molar-refractivity contribution in [1.29, 1.82) is 0 Å². The molecule has 1 aliphatic rings. The summed E-state index contributed by atoms with van der Waals surface area (Å²) in [4.78, 5) is 21.0. The minimum absolute atomic E-state index is 0.0293. The summed E-state index contributed by atoms with van der Waals surface area (Å²) >= 11 is 0. The quantitative estimate of drug-likeness (QED) is 0.478. The van der Waals surface area contributed by atoms with E-state index in [9.17, 15) is 9.90 Å². The molecule has 0 unspecified atom stereocenters. The summed E-state index contributed by atoms with van der Waals surface area (Å²) in [7, 11) is 0. The van der Waals surface area contributed by atoms with Crippen molar-refractivity contribution >= 4 is 5.97 Å². The Hall–Kier alpha value is -2.31. The molecule has 1 saturated heterocycles. The van der Waals surface area contributed by atoms with Crippen molar-refractivity contribution in [3.63, 3.8) is 0 Å². The molecule has 1 atom stereocenters. The highest BCUT2D eigenvalue weighted by Crippen LogP contribution is 2.39. The lowest BCUT2D eigenvalue weighted by Gasteiger charge is -2.25. The monoisotopic (exact) mass is 426 g/mol. The molecule has 0 aliphatic carbocycles. The van der Waals surface area contributed by atoms with Crippen molar-refractivity contribution in [1.82, 2.24) is 9.97 Å². The van der Waals surface area contributed by atoms with E-state index in [1.165, 1.54) is 44.9 Å². The molecule has 1 N–H and O–H groups in total. The second kappa shape index (κ2) is 10.3. The van der Waals surface area contributed by atoms with E-state index in [1.54, 1.807) is 26.0 Å². The number of unbranched alkanes of at least 4 members (excludes halogenated alkanes) is 6. The fourth-order valence-electron chi connectivity index (χ4n) is 3.93. The molecule has 1 aromatic carbocycles. The molecule has 0 spiro atoms. The Morgan fingerprint density at radius 3 is 2.16 bits per heavy atom. The first-order chi connectivity index (χ1) is 14.9. The standard InChI is InChI=1S/C25H34N2O4/c1-4-5-6-7-8-9-10-11-19-16-26-22(27-17-19)20-12-14-21(15-13-20)25(23(28)29)18-30-24(2,3)31-25/h12-17H,4-11,18H2,1-3H3,(H,28,29)/t25-/m0/s1. The van der Waals surface area contributed by atoms with Crippen molar-refractivity contribution in [3.05, 3.63) is 47.8 Å². The van der Waals surface area contributed by atoms with Crippen LogP contribution in [0.25, 0.3) is 11.4 Å². The minimum atomic E-state index is -1.50. The molecule has 1 fully saturated rings. The van der Waals surface area contributed by atoms with E-state index in [1.807, 2.05) is 24.5 Å². The van der Waals surface area contributed by atoms with Crippen LogP contribution >= 0.6 is 0 Å². The second-order valence-electron chi connectivity index (χ2n) is 8.79. The van der Waals surface area contributed by atoms with Crippen LogP contribution in [0.5, 0.6) is 0 Å². The predicted octanol–water partition coefficient (Wildman–Crippen LogP) is 5.50. The van der Waals surface area contributed by atoms with E-state index in [0.717, 1.165) is 17.5 Å². The number of aliphatic carboxylic acids is 1. The van der Waals surface area contributed by atoms with Crippen LogP contribution in [0.1, 0.15) is 76.8 Å². The normalized spacial score (nSPS) is 20.1. The third kappa shape index (κ3) is 5.89. The summed E-state index contributed by atoms with van der Waals surface area (Å²) in [6, 6.07) is 7.17. The van der Waals surface area contributed by atoms with Gasteiger partial charge in [0, 0.05) is 18.0 Å². The number of carbonyl (C=O) groups is 1. The summed E-state index contributed by atoms with van der Waals surface area (Å²) in [5.41, 5.74) is 1.04. The third-order valence-corrected chi connectivity index (χ3v) is 5.77. The average Bonchev–Trinajstić information content (AvgIpc) is 3.10. The fourth-order valence-corrected chi connectivity index (χ4v) is 3.93. The zero-order valence-electron chi connectivity index (χ0n) is 18.9. The Labute approximate surface area is 185 Å². The Kier molecular flexibility index (Phi) is 7.79. The molecule has 0 bridgehead atoms. The maximum Gasteiger partial charge on any atom is 0.343 e. The van der Waals surface area contributed by atoms with Crippen LogP contribution in [-0.2, 0) is 26.3 Å². The van der Waals surface area contributed by atoms with Crippen LogP contribution < -0.4 is 0 Å². The zero-order chi connectivity index (χ0) is 22.3. The van der Waals surface area contributed by atoms with Crippen LogP contribution in [-0.4, -0.2) is 33.4 Å². The molecule has 31 heavy (non-hydrogen) atoms. The Morgan fingerprint density at radius 1 is 1.00 bits per heavy atom. The SMILES string of the molecule is CCCCCCCCCc1cnc(-c2ccc([C@]3(C(=O)O)COC(C)(C)O3)cc2)nc1. The van der Waals surface area contributed by atoms with Gasteiger partial charge in [-0.3, -0.25) is 0 Å². The number of hydrogen-bond acceptors (Lipinski definition) is 5.